The van der Waals surface area contributed by atoms with Crippen molar-refractivity contribution in [2.24, 2.45) is 7.05 Å². The van der Waals surface area contributed by atoms with Crippen molar-refractivity contribution in [2.45, 2.75) is 18.9 Å². The molecule has 6 heteroatoms. The number of rotatable bonds is 7. The zero-order chi connectivity index (χ0) is 21.8. The van der Waals surface area contributed by atoms with Crippen LogP contribution in [0.15, 0.2) is 85.1 Å². The third-order valence-electron chi connectivity index (χ3n) is 5.53. The van der Waals surface area contributed by atoms with Crippen molar-refractivity contribution in [2.75, 3.05) is 0 Å². The van der Waals surface area contributed by atoms with Gasteiger partial charge in [-0.2, -0.15) is 0 Å². The largest absolute Gasteiger partial charge is 0.352 e. The monoisotopic (exact) mass is 413 g/mol. The number of hydrogen-bond donors (Lipinski definition) is 1. The summed E-state index contributed by atoms with van der Waals surface area (Å²) in [6.45, 7) is 0.461. The molecule has 0 saturated carbocycles. The number of nitrogens with zero attached hydrogens (tertiary/aromatic N) is 2. The van der Waals surface area contributed by atoms with E-state index < -0.39 is 4.92 Å². The van der Waals surface area contributed by atoms with Gasteiger partial charge in [0.25, 0.3) is 5.69 Å². The molecule has 0 saturated heterocycles. The Kier molecular flexibility index (Phi) is 5.80. The van der Waals surface area contributed by atoms with Gasteiger partial charge >= 0.3 is 0 Å². The van der Waals surface area contributed by atoms with E-state index in [1.54, 1.807) is 12.1 Å². The smallest absolute Gasteiger partial charge is 0.269 e. The summed E-state index contributed by atoms with van der Waals surface area (Å²) < 4.78 is 2.05. The van der Waals surface area contributed by atoms with Crippen LogP contribution in [0.25, 0.3) is 10.9 Å². The van der Waals surface area contributed by atoms with Crippen LogP contribution >= 0.6 is 0 Å². The number of hydrogen-bond acceptors (Lipinski definition) is 3. The first-order valence-corrected chi connectivity index (χ1v) is 10.1. The van der Waals surface area contributed by atoms with E-state index >= 15 is 0 Å². The van der Waals surface area contributed by atoms with E-state index in [1.807, 2.05) is 72.4 Å². The normalized spacial score (nSPS) is 11.9. The van der Waals surface area contributed by atoms with E-state index in [1.165, 1.54) is 12.1 Å². The van der Waals surface area contributed by atoms with Crippen molar-refractivity contribution in [1.29, 1.82) is 0 Å². The maximum atomic E-state index is 12.9. The number of carbonyl (C=O) groups is 1. The third kappa shape index (κ3) is 4.48. The quantitative estimate of drug-likeness (QED) is 0.345. The second kappa shape index (κ2) is 8.83. The van der Waals surface area contributed by atoms with Crippen molar-refractivity contribution >= 4 is 22.5 Å². The molecule has 4 rings (SSSR count). The van der Waals surface area contributed by atoms with Crippen LogP contribution in [0.3, 0.4) is 0 Å². The number of aryl methyl sites for hydroxylation is 1. The molecular formula is C25H23N3O3. The Labute approximate surface area is 180 Å². The van der Waals surface area contributed by atoms with Gasteiger partial charge in [0.15, 0.2) is 0 Å². The second-order valence-corrected chi connectivity index (χ2v) is 7.58. The van der Waals surface area contributed by atoms with Crippen LogP contribution < -0.4 is 5.32 Å². The standard InChI is InChI=1S/C25H23N3O3/c1-27-17-23(21-9-5-6-10-24(21)27)22(19-11-13-20(14-12-19)28(30)31)15-25(29)26-16-18-7-3-2-4-8-18/h2-14,17,22H,15-16H2,1H3,(H,26,29)/t22-/m0/s1. The molecule has 0 aliphatic heterocycles. The molecular weight excluding hydrogens is 390 g/mol. The summed E-state index contributed by atoms with van der Waals surface area (Å²) in [6.07, 6.45) is 2.29. The highest BCUT2D eigenvalue weighted by Crippen LogP contribution is 2.35. The van der Waals surface area contributed by atoms with Gasteiger partial charge in [0.2, 0.25) is 5.91 Å². The first-order chi connectivity index (χ1) is 15.0. The molecule has 4 aromatic rings. The van der Waals surface area contributed by atoms with Gasteiger partial charge in [0.1, 0.15) is 0 Å². The summed E-state index contributed by atoms with van der Waals surface area (Å²) in [4.78, 5) is 23.5. The molecule has 0 spiro atoms. The third-order valence-corrected chi connectivity index (χ3v) is 5.53. The minimum atomic E-state index is -0.413. The number of carbonyl (C=O) groups excluding carboxylic acids is 1. The Morgan fingerprint density at radius 3 is 2.39 bits per heavy atom. The number of nitro groups is 1. The molecule has 0 radical (unpaired) electrons. The van der Waals surface area contributed by atoms with E-state index in [0.29, 0.717) is 6.54 Å². The van der Waals surface area contributed by atoms with E-state index in [4.69, 9.17) is 0 Å². The fourth-order valence-electron chi connectivity index (χ4n) is 3.94. The molecule has 0 unspecified atom stereocenters. The predicted octanol–water partition coefficient (Wildman–Crippen LogP) is 4.92. The fourth-order valence-corrected chi connectivity index (χ4v) is 3.94. The van der Waals surface area contributed by atoms with Crippen LogP contribution in [0.1, 0.15) is 29.0 Å². The summed E-state index contributed by atoms with van der Waals surface area (Å²) in [5.74, 6) is -0.289. The van der Waals surface area contributed by atoms with Crippen molar-refractivity contribution in [3.8, 4) is 0 Å². The van der Waals surface area contributed by atoms with Gasteiger partial charge in [0.05, 0.1) is 4.92 Å². The highest BCUT2D eigenvalue weighted by Gasteiger charge is 2.23. The van der Waals surface area contributed by atoms with Crippen molar-refractivity contribution < 1.29 is 9.72 Å². The average Bonchev–Trinajstić information content (AvgIpc) is 3.13. The molecule has 31 heavy (non-hydrogen) atoms. The van der Waals surface area contributed by atoms with Gasteiger partial charge in [-0.15, -0.1) is 0 Å². The number of non-ortho nitro benzene ring substituents is 1. The Morgan fingerprint density at radius 1 is 1.00 bits per heavy atom. The number of fused-ring (bicyclic) bond motifs is 1. The van der Waals surface area contributed by atoms with E-state index in [0.717, 1.165) is 27.6 Å². The molecule has 1 heterocycles. The summed E-state index contributed by atoms with van der Waals surface area (Å²) in [6, 6.07) is 24.3. The van der Waals surface area contributed by atoms with Gasteiger partial charge in [-0.3, -0.25) is 14.9 Å². The van der Waals surface area contributed by atoms with Crippen LogP contribution in [0, 0.1) is 10.1 Å². The number of aromatic nitrogens is 1. The number of para-hydroxylation sites is 1. The zero-order valence-electron chi connectivity index (χ0n) is 17.2. The van der Waals surface area contributed by atoms with Crippen molar-refractivity contribution in [3.63, 3.8) is 0 Å². The SMILES string of the molecule is Cn1cc([C@@H](CC(=O)NCc2ccccc2)c2ccc([N+](=O)[O-])cc2)c2ccccc21. The van der Waals surface area contributed by atoms with Gasteiger partial charge in [-0.05, 0) is 22.8 Å². The Balaban J connectivity index is 1.65. The molecule has 1 N–H and O–H groups in total. The lowest BCUT2D eigenvalue weighted by atomic mass is 9.88. The maximum absolute atomic E-state index is 12.9. The minimum absolute atomic E-state index is 0.0361. The molecule has 1 atom stereocenters. The van der Waals surface area contributed by atoms with Crippen LogP contribution in [0.4, 0.5) is 5.69 Å². The first-order valence-electron chi connectivity index (χ1n) is 10.1. The number of amides is 1. The Bertz CT molecular complexity index is 1210. The van der Waals surface area contributed by atoms with Crippen molar-refractivity contribution in [1.82, 2.24) is 9.88 Å². The van der Waals surface area contributed by atoms with Gasteiger partial charge in [-0.1, -0.05) is 60.7 Å². The molecule has 3 aromatic carbocycles. The highest BCUT2D eigenvalue weighted by atomic mass is 16.6. The molecule has 0 aliphatic carbocycles. The van der Waals surface area contributed by atoms with Crippen molar-refractivity contribution in [3.05, 3.63) is 112 Å². The van der Waals surface area contributed by atoms with Crippen LogP contribution in [0.5, 0.6) is 0 Å². The first kappa shape index (κ1) is 20.3. The van der Waals surface area contributed by atoms with Crippen LogP contribution in [0.2, 0.25) is 0 Å². The Morgan fingerprint density at radius 2 is 1.68 bits per heavy atom. The summed E-state index contributed by atoms with van der Waals surface area (Å²) in [5, 5.41) is 15.1. The fraction of sp³-hybridized carbons (Fsp3) is 0.160. The van der Waals surface area contributed by atoms with Gasteiger partial charge in [-0.25, -0.2) is 0 Å². The molecule has 1 aromatic heterocycles. The molecule has 0 bridgehead atoms. The molecule has 6 nitrogen and oxygen atoms in total. The number of benzene rings is 3. The second-order valence-electron chi connectivity index (χ2n) is 7.58. The molecule has 0 aliphatic rings. The summed E-state index contributed by atoms with van der Waals surface area (Å²) in [5.41, 5.74) is 4.05. The number of nitrogens with one attached hydrogen (secondary N) is 1. The highest BCUT2D eigenvalue weighted by molar-refractivity contribution is 5.86. The summed E-state index contributed by atoms with van der Waals surface area (Å²) >= 11 is 0. The number of nitro benzene ring substituents is 1. The lowest BCUT2D eigenvalue weighted by Crippen LogP contribution is -2.25. The maximum Gasteiger partial charge on any atom is 0.269 e. The molecule has 0 fully saturated rings. The van der Waals surface area contributed by atoms with E-state index in [2.05, 4.69) is 5.32 Å². The zero-order valence-corrected chi connectivity index (χ0v) is 17.2. The molecule has 156 valence electrons. The topological polar surface area (TPSA) is 77.2 Å². The lowest BCUT2D eigenvalue weighted by Gasteiger charge is -2.17. The Hall–Kier alpha value is -3.93. The predicted molar refractivity (Wildman–Crippen MR) is 121 cm³/mol. The van der Waals surface area contributed by atoms with Crippen LogP contribution in [-0.4, -0.2) is 15.4 Å². The van der Waals surface area contributed by atoms with Gasteiger partial charge in [0, 0.05) is 55.2 Å². The average molecular weight is 413 g/mol. The molecule has 1 amide bonds. The lowest BCUT2D eigenvalue weighted by molar-refractivity contribution is -0.384. The van der Waals surface area contributed by atoms with E-state index in [9.17, 15) is 14.9 Å². The summed E-state index contributed by atoms with van der Waals surface area (Å²) in [7, 11) is 1.98. The van der Waals surface area contributed by atoms with Gasteiger partial charge < -0.3 is 9.88 Å². The van der Waals surface area contributed by atoms with E-state index in [-0.39, 0.29) is 23.9 Å². The minimum Gasteiger partial charge on any atom is -0.352 e. The van der Waals surface area contributed by atoms with Crippen LogP contribution in [-0.2, 0) is 18.4 Å².